The fourth-order valence-corrected chi connectivity index (χ4v) is 2.37. The Bertz CT molecular complexity index is 682. The van der Waals surface area contributed by atoms with E-state index in [2.05, 4.69) is 16.8 Å². The van der Waals surface area contributed by atoms with Gasteiger partial charge in [0, 0.05) is 12.3 Å². The summed E-state index contributed by atoms with van der Waals surface area (Å²) in [6.45, 7) is 2.09. The number of hydrogen-bond donors (Lipinski definition) is 0. The highest BCUT2D eigenvalue weighted by molar-refractivity contribution is 5.91. The SMILES string of the molecule is COC(=O)c1coc(-c2nn(C(C)C3CC3)cc2C=O)c1. The molecule has 110 valence electrons. The molecule has 2 aromatic rings. The van der Waals surface area contributed by atoms with Crippen LogP contribution in [0.15, 0.2) is 22.9 Å². The number of methoxy groups -OCH3 is 1. The Morgan fingerprint density at radius 3 is 2.95 bits per heavy atom. The standard InChI is InChI=1S/C15H16N2O4/c1-9(10-3-4-10)17-6-12(7-18)14(16-17)13-5-11(8-21-13)15(19)20-2/h5-10H,3-4H2,1-2H3. The van der Waals surface area contributed by atoms with Crippen LogP contribution in [0.2, 0.25) is 0 Å². The Morgan fingerprint density at radius 1 is 1.57 bits per heavy atom. The molecule has 1 atom stereocenters. The lowest BCUT2D eigenvalue weighted by atomic mass is 10.2. The van der Waals surface area contributed by atoms with E-state index < -0.39 is 5.97 Å². The Labute approximate surface area is 121 Å². The quantitative estimate of drug-likeness (QED) is 0.624. The van der Waals surface area contributed by atoms with Crippen LogP contribution in [0, 0.1) is 5.92 Å². The average molecular weight is 288 g/mol. The number of rotatable bonds is 5. The van der Waals surface area contributed by atoms with Gasteiger partial charge in [0.2, 0.25) is 0 Å². The zero-order valence-corrected chi connectivity index (χ0v) is 11.9. The lowest BCUT2D eigenvalue weighted by Crippen LogP contribution is -2.07. The molecular weight excluding hydrogens is 272 g/mol. The molecule has 0 radical (unpaired) electrons. The van der Waals surface area contributed by atoms with Crippen LogP contribution in [-0.2, 0) is 4.74 Å². The van der Waals surface area contributed by atoms with Gasteiger partial charge in [-0.05, 0) is 25.7 Å². The molecule has 2 heterocycles. The van der Waals surface area contributed by atoms with Crippen LogP contribution in [0.1, 0.15) is 46.5 Å². The lowest BCUT2D eigenvalue weighted by molar-refractivity contribution is 0.0600. The van der Waals surface area contributed by atoms with E-state index in [0.717, 1.165) is 6.29 Å². The smallest absolute Gasteiger partial charge is 0.341 e. The van der Waals surface area contributed by atoms with Gasteiger partial charge in [0.25, 0.3) is 0 Å². The zero-order valence-electron chi connectivity index (χ0n) is 11.9. The Morgan fingerprint density at radius 2 is 2.33 bits per heavy atom. The third-order valence-corrected chi connectivity index (χ3v) is 3.86. The van der Waals surface area contributed by atoms with Crippen LogP contribution in [0.25, 0.3) is 11.5 Å². The van der Waals surface area contributed by atoms with Gasteiger partial charge < -0.3 is 9.15 Å². The first-order chi connectivity index (χ1) is 10.1. The second kappa shape index (κ2) is 5.20. The van der Waals surface area contributed by atoms with Gasteiger partial charge in [-0.3, -0.25) is 9.48 Å². The molecule has 1 aliphatic carbocycles. The molecule has 6 nitrogen and oxygen atoms in total. The molecule has 0 N–H and O–H groups in total. The number of nitrogens with zero attached hydrogens (tertiary/aromatic N) is 2. The summed E-state index contributed by atoms with van der Waals surface area (Å²) >= 11 is 0. The number of hydrogen-bond acceptors (Lipinski definition) is 5. The van der Waals surface area contributed by atoms with E-state index in [4.69, 9.17) is 4.42 Å². The van der Waals surface area contributed by atoms with Gasteiger partial charge in [-0.2, -0.15) is 5.10 Å². The zero-order chi connectivity index (χ0) is 15.0. The van der Waals surface area contributed by atoms with Crippen molar-refractivity contribution in [2.75, 3.05) is 7.11 Å². The van der Waals surface area contributed by atoms with Crippen molar-refractivity contribution in [1.82, 2.24) is 9.78 Å². The number of aldehydes is 1. The number of carbonyl (C=O) groups excluding carboxylic acids is 2. The molecule has 1 unspecified atom stereocenters. The first-order valence-electron chi connectivity index (χ1n) is 6.85. The van der Waals surface area contributed by atoms with E-state index in [9.17, 15) is 9.59 Å². The second-order valence-corrected chi connectivity index (χ2v) is 5.30. The third-order valence-electron chi connectivity index (χ3n) is 3.86. The summed E-state index contributed by atoms with van der Waals surface area (Å²) < 4.78 is 11.8. The van der Waals surface area contributed by atoms with Gasteiger partial charge in [-0.1, -0.05) is 0 Å². The first-order valence-corrected chi connectivity index (χ1v) is 6.85. The van der Waals surface area contributed by atoms with E-state index in [0.29, 0.717) is 28.5 Å². The lowest BCUT2D eigenvalue weighted by Gasteiger charge is -2.09. The van der Waals surface area contributed by atoms with Crippen molar-refractivity contribution in [2.24, 2.45) is 5.92 Å². The Balaban J connectivity index is 1.95. The Kier molecular flexibility index (Phi) is 3.37. The largest absolute Gasteiger partial charge is 0.465 e. The summed E-state index contributed by atoms with van der Waals surface area (Å²) in [5, 5.41) is 4.45. The molecular formula is C15H16N2O4. The topological polar surface area (TPSA) is 74.3 Å². The molecule has 0 aromatic carbocycles. The van der Waals surface area contributed by atoms with Gasteiger partial charge in [-0.15, -0.1) is 0 Å². The summed E-state index contributed by atoms with van der Waals surface area (Å²) in [5.41, 5.74) is 1.20. The van der Waals surface area contributed by atoms with Gasteiger partial charge in [0.15, 0.2) is 12.0 Å². The summed E-state index contributed by atoms with van der Waals surface area (Å²) in [6, 6.07) is 1.79. The highest BCUT2D eigenvalue weighted by Crippen LogP contribution is 2.39. The summed E-state index contributed by atoms with van der Waals surface area (Å²) in [6.07, 6.45) is 6.17. The summed E-state index contributed by atoms with van der Waals surface area (Å²) in [7, 11) is 1.30. The molecule has 0 amide bonds. The molecule has 6 heteroatoms. The van der Waals surface area contributed by atoms with Crippen molar-refractivity contribution in [2.45, 2.75) is 25.8 Å². The first kappa shape index (κ1) is 13.6. The van der Waals surface area contributed by atoms with Crippen molar-refractivity contribution in [3.05, 3.63) is 29.7 Å². The maximum absolute atomic E-state index is 11.4. The molecule has 1 aliphatic rings. The normalized spacial score (nSPS) is 15.7. The predicted molar refractivity (Wildman–Crippen MR) is 74.1 cm³/mol. The number of aromatic nitrogens is 2. The fourth-order valence-electron chi connectivity index (χ4n) is 2.37. The molecule has 0 bridgehead atoms. The summed E-state index contributed by atoms with van der Waals surface area (Å²) in [4.78, 5) is 22.7. The number of ether oxygens (including phenoxy) is 1. The average Bonchev–Trinajstić information content (AvgIpc) is 3.08. The van der Waals surface area contributed by atoms with Crippen LogP contribution in [-0.4, -0.2) is 29.1 Å². The van der Waals surface area contributed by atoms with Crippen molar-refractivity contribution < 1.29 is 18.7 Å². The minimum absolute atomic E-state index is 0.257. The van der Waals surface area contributed by atoms with Gasteiger partial charge in [0.1, 0.15) is 12.0 Å². The van der Waals surface area contributed by atoms with Crippen molar-refractivity contribution >= 4 is 12.3 Å². The number of furan rings is 1. The number of carbonyl (C=O) groups is 2. The van der Waals surface area contributed by atoms with Crippen LogP contribution in [0.3, 0.4) is 0 Å². The van der Waals surface area contributed by atoms with E-state index in [1.54, 1.807) is 10.9 Å². The van der Waals surface area contributed by atoms with E-state index >= 15 is 0 Å². The van der Waals surface area contributed by atoms with Crippen LogP contribution < -0.4 is 0 Å². The maximum Gasteiger partial charge on any atom is 0.341 e. The van der Waals surface area contributed by atoms with Gasteiger partial charge in [0.05, 0.1) is 24.3 Å². The third kappa shape index (κ3) is 2.49. The molecule has 21 heavy (non-hydrogen) atoms. The predicted octanol–water partition coefficient (Wildman–Crippen LogP) is 2.71. The highest BCUT2D eigenvalue weighted by atomic mass is 16.5. The molecule has 1 saturated carbocycles. The maximum atomic E-state index is 11.4. The Hall–Kier alpha value is -2.37. The van der Waals surface area contributed by atoms with Gasteiger partial charge in [-0.25, -0.2) is 4.79 Å². The van der Waals surface area contributed by atoms with E-state index in [-0.39, 0.29) is 6.04 Å². The van der Waals surface area contributed by atoms with Crippen molar-refractivity contribution in [3.8, 4) is 11.5 Å². The molecule has 1 fully saturated rings. The second-order valence-electron chi connectivity index (χ2n) is 5.30. The van der Waals surface area contributed by atoms with Crippen molar-refractivity contribution in [3.63, 3.8) is 0 Å². The molecule has 3 rings (SSSR count). The monoisotopic (exact) mass is 288 g/mol. The van der Waals surface area contributed by atoms with E-state index in [1.807, 2.05) is 0 Å². The van der Waals surface area contributed by atoms with E-state index in [1.165, 1.54) is 32.3 Å². The van der Waals surface area contributed by atoms with Gasteiger partial charge >= 0.3 is 5.97 Å². The molecule has 0 aliphatic heterocycles. The van der Waals surface area contributed by atoms with Crippen LogP contribution in [0.4, 0.5) is 0 Å². The minimum Gasteiger partial charge on any atom is -0.465 e. The molecule has 2 aromatic heterocycles. The van der Waals surface area contributed by atoms with Crippen LogP contribution in [0.5, 0.6) is 0 Å². The van der Waals surface area contributed by atoms with Crippen molar-refractivity contribution in [1.29, 1.82) is 0 Å². The summed E-state index contributed by atoms with van der Waals surface area (Å²) in [5.74, 6) is 0.530. The van der Waals surface area contributed by atoms with Crippen LogP contribution >= 0.6 is 0 Å². The number of esters is 1. The fraction of sp³-hybridized carbons (Fsp3) is 0.400. The molecule has 0 saturated heterocycles. The minimum atomic E-state index is -0.483. The molecule has 0 spiro atoms. The highest BCUT2D eigenvalue weighted by Gasteiger charge is 2.30.